The van der Waals surface area contributed by atoms with E-state index < -0.39 is 0 Å². The number of hydrogen-bond acceptors (Lipinski definition) is 2. The molecular formula is C14H20BrNOS. The van der Waals surface area contributed by atoms with Crippen molar-refractivity contribution >= 4 is 33.6 Å². The second-order valence-corrected chi connectivity index (χ2v) is 6.26. The quantitative estimate of drug-likeness (QED) is 0.814. The van der Waals surface area contributed by atoms with Gasteiger partial charge in [-0.3, -0.25) is 4.79 Å². The molecule has 4 heteroatoms. The first-order valence-electron chi connectivity index (χ1n) is 6.00. The minimum atomic E-state index is 0.0826. The molecule has 0 heterocycles. The van der Waals surface area contributed by atoms with E-state index in [0.29, 0.717) is 0 Å². The van der Waals surface area contributed by atoms with Crippen molar-refractivity contribution in [1.29, 1.82) is 0 Å². The molecule has 1 aromatic carbocycles. The van der Waals surface area contributed by atoms with Crippen molar-refractivity contribution in [3.8, 4) is 0 Å². The van der Waals surface area contributed by atoms with Crippen molar-refractivity contribution in [3.05, 3.63) is 33.8 Å². The van der Waals surface area contributed by atoms with Crippen LogP contribution in [0.15, 0.2) is 22.7 Å². The number of amides is 1. The highest BCUT2D eigenvalue weighted by atomic mass is 79.9. The van der Waals surface area contributed by atoms with Gasteiger partial charge in [0, 0.05) is 17.6 Å². The maximum Gasteiger partial charge on any atom is 0.254 e. The summed E-state index contributed by atoms with van der Waals surface area (Å²) in [5, 5.41) is 0. The van der Waals surface area contributed by atoms with Gasteiger partial charge in [-0.1, -0.05) is 12.1 Å². The number of benzene rings is 1. The van der Waals surface area contributed by atoms with Crippen molar-refractivity contribution in [2.75, 3.05) is 19.1 Å². The molecule has 1 amide bonds. The average molecular weight is 330 g/mol. The Morgan fingerprint density at radius 2 is 2.17 bits per heavy atom. The fourth-order valence-corrected chi connectivity index (χ4v) is 2.70. The summed E-state index contributed by atoms with van der Waals surface area (Å²) in [5.74, 6) is 1.16. The van der Waals surface area contributed by atoms with Crippen LogP contribution < -0.4 is 0 Å². The molecule has 0 bridgehead atoms. The van der Waals surface area contributed by atoms with Crippen molar-refractivity contribution in [1.82, 2.24) is 4.90 Å². The minimum Gasteiger partial charge on any atom is -0.339 e. The van der Waals surface area contributed by atoms with Gasteiger partial charge < -0.3 is 4.90 Å². The van der Waals surface area contributed by atoms with Crippen molar-refractivity contribution in [2.24, 2.45) is 0 Å². The summed E-state index contributed by atoms with van der Waals surface area (Å²) in [7, 11) is 1.88. The zero-order valence-electron chi connectivity index (χ0n) is 11.4. The maximum absolute atomic E-state index is 12.4. The maximum atomic E-state index is 12.4. The van der Waals surface area contributed by atoms with Gasteiger partial charge in [0.2, 0.25) is 0 Å². The minimum absolute atomic E-state index is 0.0826. The van der Waals surface area contributed by atoms with E-state index in [4.69, 9.17) is 0 Å². The largest absolute Gasteiger partial charge is 0.339 e. The number of rotatable bonds is 5. The second-order valence-electron chi connectivity index (χ2n) is 4.48. The number of aryl methyl sites for hydroxylation is 1. The van der Waals surface area contributed by atoms with E-state index in [2.05, 4.69) is 29.1 Å². The van der Waals surface area contributed by atoms with Gasteiger partial charge in [0.15, 0.2) is 0 Å². The first kappa shape index (κ1) is 15.6. The Bertz CT molecular complexity index is 422. The molecule has 1 aromatic rings. The second kappa shape index (κ2) is 7.19. The average Bonchev–Trinajstić information content (AvgIpc) is 2.37. The van der Waals surface area contributed by atoms with Crippen LogP contribution in [0.1, 0.15) is 29.3 Å². The third-order valence-electron chi connectivity index (χ3n) is 3.14. The van der Waals surface area contributed by atoms with Crippen molar-refractivity contribution < 1.29 is 4.79 Å². The van der Waals surface area contributed by atoms with Crippen LogP contribution in [0.4, 0.5) is 0 Å². The van der Waals surface area contributed by atoms with Crippen LogP contribution in [-0.4, -0.2) is 35.9 Å². The molecule has 2 nitrogen and oxygen atoms in total. The molecule has 0 aliphatic heterocycles. The van der Waals surface area contributed by atoms with Gasteiger partial charge in [-0.05, 0) is 59.8 Å². The van der Waals surface area contributed by atoms with Gasteiger partial charge in [-0.15, -0.1) is 0 Å². The van der Waals surface area contributed by atoms with Gasteiger partial charge in [-0.25, -0.2) is 0 Å². The lowest BCUT2D eigenvalue weighted by Gasteiger charge is -2.25. The summed E-state index contributed by atoms with van der Waals surface area (Å²) in [6, 6.07) is 6.06. The lowest BCUT2D eigenvalue weighted by Crippen LogP contribution is -2.35. The number of thioether (sulfide) groups is 1. The zero-order chi connectivity index (χ0) is 13.7. The molecule has 0 spiro atoms. The lowest BCUT2D eigenvalue weighted by molar-refractivity contribution is 0.0740. The van der Waals surface area contributed by atoms with Crippen LogP contribution in [0.5, 0.6) is 0 Å². The predicted molar refractivity (Wildman–Crippen MR) is 83.4 cm³/mol. The Kier molecular flexibility index (Phi) is 6.22. The molecule has 1 rings (SSSR count). The molecule has 0 radical (unpaired) electrons. The summed E-state index contributed by atoms with van der Waals surface area (Å²) < 4.78 is 0.902. The summed E-state index contributed by atoms with van der Waals surface area (Å²) in [4.78, 5) is 14.2. The first-order chi connectivity index (χ1) is 8.49. The number of hydrogen-bond donors (Lipinski definition) is 0. The molecule has 1 atom stereocenters. The van der Waals surface area contributed by atoms with Crippen LogP contribution in [-0.2, 0) is 0 Å². The Morgan fingerprint density at radius 3 is 2.78 bits per heavy atom. The molecule has 0 fully saturated rings. The molecule has 0 saturated heterocycles. The fraction of sp³-hybridized carbons (Fsp3) is 0.500. The number of nitrogens with zero attached hydrogens (tertiary/aromatic N) is 1. The molecular weight excluding hydrogens is 310 g/mol. The monoisotopic (exact) mass is 329 g/mol. The molecule has 100 valence electrons. The van der Waals surface area contributed by atoms with Crippen LogP contribution in [0.2, 0.25) is 0 Å². The number of carbonyl (C=O) groups is 1. The van der Waals surface area contributed by atoms with Gasteiger partial charge >= 0.3 is 0 Å². The van der Waals surface area contributed by atoms with Crippen LogP contribution in [0.25, 0.3) is 0 Å². The molecule has 0 aliphatic rings. The van der Waals surface area contributed by atoms with Gasteiger partial charge in [0.1, 0.15) is 0 Å². The van der Waals surface area contributed by atoms with E-state index in [1.165, 1.54) is 0 Å². The van der Waals surface area contributed by atoms with E-state index >= 15 is 0 Å². The lowest BCUT2D eigenvalue weighted by atomic mass is 10.1. The normalized spacial score (nSPS) is 12.3. The Labute approximate surface area is 122 Å². The van der Waals surface area contributed by atoms with E-state index in [0.717, 1.165) is 27.8 Å². The van der Waals surface area contributed by atoms with Crippen LogP contribution >= 0.6 is 27.7 Å². The summed E-state index contributed by atoms with van der Waals surface area (Å²) in [6.07, 6.45) is 3.11. The van der Waals surface area contributed by atoms with Gasteiger partial charge in [-0.2, -0.15) is 11.8 Å². The summed E-state index contributed by atoms with van der Waals surface area (Å²) >= 11 is 5.31. The van der Waals surface area contributed by atoms with E-state index in [1.807, 2.05) is 48.8 Å². The van der Waals surface area contributed by atoms with Crippen molar-refractivity contribution in [3.63, 3.8) is 0 Å². The number of halogens is 1. The SMILES string of the molecule is CSCCC(C)N(C)C(=O)c1cccc(C)c1Br. The highest BCUT2D eigenvalue weighted by Crippen LogP contribution is 2.23. The third-order valence-corrected chi connectivity index (χ3v) is 4.84. The van der Waals surface area contributed by atoms with E-state index in [9.17, 15) is 4.79 Å². The Balaban J connectivity index is 2.83. The molecule has 18 heavy (non-hydrogen) atoms. The van der Waals surface area contributed by atoms with E-state index in [1.54, 1.807) is 0 Å². The van der Waals surface area contributed by atoms with Crippen LogP contribution in [0.3, 0.4) is 0 Å². The Morgan fingerprint density at radius 1 is 1.50 bits per heavy atom. The molecule has 0 aromatic heterocycles. The Hall–Kier alpha value is -0.480. The standard InChI is InChI=1S/C14H20BrNOS/c1-10-6-5-7-12(13(10)15)14(17)16(3)11(2)8-9-18-4/h5-7,11H,8-9H2,1-4H3. The first-order valence-corrected chi connectivity index (χ1v) is 8.19. The molecule has 1 unspecified atom stereocenters. The number of carbonyl (C=O) groups excluding carboxylic acids is 1. The fourth-order valence-electron chi connectivity index (χ4n) is 1.68. The third kappa shape index (κ3) is 3.75. The van der Waals surface area contributed by atoms with Crippen molar-refractivity contribution in [2.45, 2.75) is 26.3 Å². The van der Waals surface area contributed by atoms with E-state index in [-0.39, 0.29) is 11.9 Å². The molecule has 0 aliphatic carbocycles. The molecule has 0 saturated carbocycles. The predicted octanol–water partition coefficient (Wildman–Crippen LogP) is 3.97. The van der Waals surface area contributed by atoms with Gasteiger partial charge in [0.25, 0.3) is 5.91 Å². The topological polar surface area (TPSA) is 20.3 Å². The van der Waals surface area contributed by atoms with Crippen LogP contribution in [0, 0.1) is 6.92 Å². The van der Waals surface area contributed by atoms with Gasteiger partial charge in [0.05, 0.1) is 5.56 Å². The summed E-state index contributed by atoms with van der Waals surface area (Å²) in [6.45, 7) is 4.09. The smallest absolute Gasteiger partial charge is 0.254 e. The highest BCUT2D eigenvalue weighted by Gasteiger charge is 2.19. The summed E-state index contributed by atoms with van der Waals surface area (Å²) in [5.41, 5.74) is 1.83. The molecule has 0 N–H and O–H groups in total. The highest BCUT2D eigenvalue weighted by molar-refractivity contribution is 9.10. The zero-order valence-corrected chi connectivity index (χ0v) is 13.8.